The fourth-order valence-electron chi connectivity index (χ4n) is 4.89. The molecule has 1 atom stereocenters. The van der Waals surface area contributed by atoms with Gasteiger partial charge in [0.1, 0.15) is 11.3 Å². The van der Waals surface area contributed by atoms with Crippen molar-refractivity contribution in [3.63, 3.8) is 0 Å². The quantitative estimate of drug-likeness (QED) is 0.143. The molecule has 9 heteroatoms. The van der Waals surface area contributed by atoms with E-state index in [1.807, 2.05) is 97.9 Å². The number of benzene rings is 4. The number of nitrogens with one attached hydrogen (secondary N) is 2. The fourth-order valence-corrected chi connectivity index (χ4v) is 5.25. The van der Waals surface area contributed by atoms with Crippen molar-refractivity contribution in [3.05, 3.63) is 131 Å². The predicted molar refractivity (Wildman–Crippen MR) is 173 cm³/mol. The second-order valence-electron chi connectivity index (χ2n) is 10.4. The largest absolute Gasteiger partial charge is 0.456 e. The van der Waals surface area contributed by atoms with Crippen molar-refractivity contribution in [2.45, 2.75) is 19.3 Å². The van der Waals surface area contributed by atoms with Gasteiger partial charge in [-0.15, -0.1) is 0 Å². The highest BCUT2D eigenvalue weighted by Gasteiger charge is 2.22. The average molecular weight is 609 g/mol. The number of fused-ring (bicyclic) bond motifs is 1. The van der Waals surface area contributed by atoms with E-state index in [1.54, 1.807) is 24.3 Å². The van der Waals surface area contributed by atoms with Crippen LogP contribution in [0.4, 0.5) is 5.69 Å². The summed E-state index contributed by atoms with van der Waals surface area (Å²) in [6, 6.07) is 32.0. The average Bonchev–Trinajstić information content (AvgIpc) is 3.45. The number of carbonyl (C=O) groups excluding carboxylic acids is 2. The van der Waals surface area contributed by atoms with Crippen molar-refractivity contribution in [3.8, 4) is 11.3 Å². The molecule has 3 N–H and O–H groups in total. The molecule has 1 aromatic heterocycles. The highest BCUT2D eigenvalue weighted by Crippen LogP contribution is 2.29. The number of para-hydroxylation sites is 1. The zero-order valence-corrected chi connectivity index (χ0v) is 24.9. The SMILES string of the molecule is C/C=C/c1ccc(C(Cc2ccc(C(=O)NCCS(=O)(=O)O)cc2)C(=O)Nc2ccc(-c3cc4ccccc4o3)cc2)cc1. The molecule has 0 radical (unpaired) electrons. The molecule has 0 saturated carbocycles. The van der Waals surface area contributed by atoms with E-state index in [1.165, 1.54) is 0 Å². The van der Waals surface area contributed by atoms with Gasteiger partial charge in [0.05, 0.1) is 11.7 Å². The Morgan fingerprint density at radius 2 is 1.61 bits per heavy atom. The molecule has 0 aliphatic carbocycles. The zero-order valence-electron chi connectivity index (χ0n) is 24.1. The van der Waals surface area contributed by atoms with E-state index in [0.29, 0.717) is 17.7 Å². The Balaban J connectivity index is 1.31. The van der Waals surface area contributed by atoms with E-state index in [9.17, 15) is 18.0 Å². The summed E-state index contributed by atoms with van der Waals surface area (Å²) in [5.41, 5.74) is 5.43. The molecule has 224 valence electrons. The van der Waals surface area contributed by atoms with E-state index in [2.05, 4.69) is 10.6 Å². The molecule has 1 heterocycles. The number of hydrogen-bond acceptors (Lipinski definition) is 5. The van der Waals surface area contributed by atoms with Gasteiger partial charge in [-0.05, 0) is 78.6 Å². The molecule has 2 amide bonds. The van der Waals surface area contributed by atoms with Crippen LogP contribution >= 0.6 is 0 Å². The molecule has 5 aromatic rings. The van der Waals surface area contributed by atoms with Gasteiger partial charge in [0, 0.05) is 28.7 Å². The van der Waals surface area contributed by atoms with Crippen LogP contribution in [0.15, 0.2) is 114 Å². The fraction of sp³-hybridized carbons (Fsp3) is 0.143. The third-order valence-electron chi connectivity index (χ3n) is 7.18. The van der Waals surface area contributed by atoms with Gasteiger partial charge in [-0.1, -0.05) is 66.7 Å². The Hall–Kier alpha value is -4.99. The maximum absolute atomic E-state index is 13.7. The number of allylic oxidation sites excluding steroid dienone is 1. The van der Waals surface area contributed by atoms with Crippen molar-refractivity contribution in [1.82, 2.24) is 5.32 Å². The maximum Gasteiger partial charge on any atom is 0.266 e. The number of carbonyl (C=O) groups is 2. The molecular formula is C35H32N2O6S. The molecule has 0 aliphatic rings. The number of hydrogen-bond donors (Lipinski definition) is 3. The molecular weight excluding hydrogens is 576 g/mol. The molecule has 4 aromatic carbocycles. The van der Waals surface area contributed by atoms with Crippen LogP contribution in [0.25, 0.3) is 28.4 Å². The Kier molecular flexibility index (Phi) is 9.38. The van der Waals surface area contributed by atoms with Gasteiger partial charge in [-0.25, -0.2) is 0 Å². The normalized spacial score (nSPS) is 12.3. The second-order valence-corrected chi connectivity index (χ2v) is 11.9. The van der Waals surface area contributed by atoms with Crippen LogP contribution in [0.1, 0.15) is 39.9 Å². The number of rotatable bonds is 11. The predicted octanol–water partition coefficient (Wildman–Crippen LogP) is 6.72. The minimum atomic E-state index is -4.17. The second kappa shape index (κ2) is 13.5. The molecule has 0 fully saturated rings. The Morgan fingerprint density at radius 1 is 0.909 bits per heavy atom. The van der Waals surface area contributed by atoms with Crippen LogP contribution in [-0.2, 0) is 21.3 Å². The summed E-state index contributed by atoms with van der Waals surface area (Å²) in [4.78, 5) is 26.1. The minimum absolute atomic E-state index is 0.174. The molecule has 0 saturated heterocycles. The molecule has 0 aliphatic heterocycles. The van der Waals surface area contributed by atoms with E-state index < -0.39 is 27.7 Å². The van der Waals surface area contributed by atoms with Crippen LogP contribution in [-0.4, -0.2) is 37.1 Å². The monoisotopic (exact) mass is 608 g/mol. The first kappa shape index (κ1) is 30.5. The van der Waals surface area contributed by atoms with Gasteiger partial charge < -0.3 is 15.1 Å². The van der Waals surface area contributed by atoms with Crippen molar-refractivity contribution < 1.29 is 27.0 Å². The summed E-state index contributed by atoms with van der Waals surface area (Å²) in [7, 11) is -4.17. The topological polar surface area (TPSA) is 126 Å². The number of anilines is 1. The third-order valence-corrected chi connectivity index (χ3v) is 7.90. The minimum Gasteiger partial charge on any atom is -0.456 e. The Morgan fingerprint density at radius 3 is 2.27 bits per heavy atom. The first-order chi connectivity index (χ1) is 21.2. The number of furan rings is 1. The van der Waals surface area contributed by atoms with Crippen LogP contribution in [0, 0.1) is 0 Å². The number of amides is 2. The van der Waals surface area contributed by atoms with Crippen LogP contribution in [0.2, 0.25) is 0 Å². The van der Waals surface area contributed by atoms with Gasteiger partial charge >= 0.3 is 0 Å². The van der Waals surface area contributed by atoms with Crippen LogP contribution in [0.5, 0.6) is 0 Å². The van der Waals surface area contributed by atoms with E-state index in [-0.39, 0.29) is 12.5 Å². The van der Waals surface area contributed by atoms with Gasteiger partial charge in [0.25, 0.3) is 16.0 Å². The van der Waals surface area contributed by atoms with Gasteiger partial charge in [0.2, 0.25) is 5.91 Å². The molecule has 0 spiro atoms. The summed E-state index contributed by atoms with van der Waals surface area (Å²) in [5, 5.41) is 6.55. The standard InChI is InChI=1S/C35H32N2O6S/c1-2-5-24-8-12-26(13-9-24)31(22-25-10-14-28(15-11-25)34(38)36-20-21-44(40,41)42)35(39)37-30-18-16-27(17-19-30)33-23-29-6-3-4-7-32(29)43-33/h2-19,23,31H,20-22H2,1H3,(H,36,38)(H,37,39)(H,40,41,42)/b5-2+. The maximum atomic E-state index is 13.7. The van der Waals surface area contributed by atoms with Gasteiger partial charge in [-0.3, -0.25) is 14.1 Å². The lowest BCUT2D eigenvalue weighted by Crippen LogP contribution is -2.28. The summed E-state index contributed by atoms with van der Waals surface area (Å²) >= 11 is 0. The zero-order chi connectivity index (χ0) is 31.1. The molecule has 8 nitrogen and oxygen atoms in total. The van der Waals surface area contributed by atoms with Crippen molar-refractivity contribution in [2.75, 3.05) is 17.6 Å². The summed E-state index contributed by atoms with van der Waals surface area (Å²) in [5.74, 6) is -0.964. The molecule has 0 bridgehead atoms. The lowest BCUT2D eigenvalue weighted by Gasteiger charge is -2.18. The first-order valence-corrected chi connectivity index (χ1v) is 15.7. The highest BCUT2D eigenvalue weighted by molar-refractivity contribution is 7.85. The smallest absolute Gasteiger partial charge is 0.266 e. The van der Waals surface area contributed by atoms with Crippen molar-refractivity contribution >= 4 is 44.7 Å². The van der Waals surface area contributed by atoms with Gasteiger partial charge in [-0.2, -0.15) is 8.42 Å². The van der Waals surface area contributed by atoms with Crippen molar-refractivity contribution in [2.24, 2.45) is 0 Å². The lowest BCUT2D eigenvalue weighted by atomic mass is 9.90. The van der Waals surface area contributed by atoms with Crippen molar-refractivity contribution in [1.29, 1.82) is 0 Å². The highest BCUT2D eigenvalue weighted by atomic mass is 32.2. The molecule has 44 heavy (non-hydrogen) atoms. The van der Waals surface area contributed by atoms with Gasteiger partial charge in [0.15, 0.2) is 0 Å². The molecule has 5 rings (SSSR count). The Bertz CT molecular complexity index is 1860. The third kappa shape index (κ3) is 7.89. The molecule has 1 unspecified atom stereocenters. The first-order valence-electron chi connectivity index (χ1n) is 14.1. The van der Waals surface area contributed by atoms with E-state index in [0.717, 1.165) is 39.0 Å². The summed E-state index contributed by atoms with van der Waals surface area (Å²) < 4.78 is 36.6. The Labute approximate surface area is 256 Å². The van der Waals surface area contributed by atoms with E-state index >= 15 is 0 Å². The van der Waals surface area contributed by atoms with E-state index in [4.69, 9.17) is 8.97 Å². The van der Waals surface area contributed by atoms with Crippen LogP contribution in [0.3, 0.4) is 0 Å². The lowest BCUT2D eigenvalue weighted by molar-refractivity contribution is -0.117. The summed E-state index contributed by atoms with van der Waals surface area (Å²) in [6.45, 7) is 1.74. The summed E-state index contributed by atoms with van der Waals surface area (Å²) in [6.07, 6.45) is 4.33. The van der Waals surface area contributed by atoms with Crippen LogP contribution < -0.4 is 10.6 Å².